The molecule has 16 heavy (non-hydrogen) atoms. The van der Waals surface area contributed by atoms with Crippen molar-refractivity contribution in [2.45, 2.75) is 13.5 Å². The van der Waals surface area contributed by atoms with Crippen LogP contribution in [0.15, 0.2) is 30.5 Å². The van der Waals surface area contributed by atoms with Crippen molar-refractivity contribution in [1.82, 2.24) is 9.55 Å². The number of aromatic nitrogens is 2. The number of methoxy groups -OCH3 is 1. The molecular weight excluding hydrogens is 220 g/mol. The molecule has 1 aromatic carbocycles. The predicted molar refractivity (Wildman–Crippen MR) is 66.4 cm³/mol. The van der Waals surface area contributed by atoms with Crippen LogP contribution in [0.5, 0.6) is 5.75 Å². The minimum absolute atomic E-state index is 0.729. The Hall–Kier alpha value is -1.55. The maximum atomic E-state index is 5.31. The minimum atomic E-state index is 0.729. The Kier molecular flexibility index (Phi) is 3.10. The number of para-hydroxylation sites is 1. The summed E-state index contributed by atoms with van der Waals surface area (Å²) in [5.74, 6) is 0.892. The van der Waals surface area contributed by atoms with Crippen LogP contribution in [0.4, 0.5) is 0 Å². The smallest absolute Gasteiger partial charge is 0.177 e. The molecule has 1 aromatic heterocycles. The van der Waals surface area contributed by atoms with Gasteiger partial charge in [-0.05, 0) is 25.2 Å². The summed E-state index contributed by atoms with van der Waals surface area (Å²) in [7, 11) is 1.68. The normalized spacial score (nSPS) is 10.4. The van der Waals surface area contributed by atoms with Crippen molar-refractivity contribution in [3.8, 4) is 5.75 Å². The van der Waals surface area contributed by atoms with Gasteiger partial charge < -0.3 is 14.3 Å². The highest BCUT2D eigenvalue weighted by Crippen LogP contribution is 2.18. The number of H-pyrrole nitrogens is 1. The van der Waals surface area contributed by atoms with E-state index in [4.69, 9.17) is 17.0 Å². The molecule has 84 valence electrons. The van der Waals surface area contributed by atoms with E-state index in [1.807, 2.05) is 42.0 Å². The summed E-state index contributed by atoms with van der Waals surface area (Å²) in [5.41, 5.74) is 2.19. The molecule has 0 unspecified atom stereocenters. The zero-order valence-electron chi connectivity index (χ0n) is 9.36. The van der Waals surface area contributed by atoms with Gasteiger partial charge in [-0.3, -0.25) is 0 Å². The van der Waals surface area contributed by atoms with E-state index >= 15 is 0 Å². The van der Waals surface area contributed by atoms with E-state index in [-0.39, 0.29) is 0 Å². The second-order valence-corrected chi connectivity index (χ2v) is 4.07. The number of benzene rings is 1. The predicted octanol–water partition coefficient (Wildman–Crippen LogP) is 2.91. The van der Waals surface area contributed by atoms with Gasteiger partial charge in [-0.1, -0.05) is 18.2 Å². The first-order valence-electron chi connectivity index (χ1n) is 5.08. The fraction of sp³-hybridized carbons (Fsp3) is 0.250. The van der Waals surface area contributed by atoms with Crippen LogP contribution in [0, 0.1) is 11.7 Å². The van der Waals surface area contributed by atoms with Gasteiger partial charge in [0.2, 0.25) is 0 Å². The van der Waals surface area contributed by atoms with Gasteiger partial charge in [0.1, 0.15) is 5.75 Å². The molecule has 1 heterocycles. The zero-order valence-corrected chi connectivity index (χ0v) is 10.2. The van der Waals surface area contributed by atoms with Crippen molar-refractivity contribution in [2.75, 3.05) is 7.11 Å². The van der Waals surface area contributed by atoms with E-state index < -0.39 is 0 Å². The van der Waals surface area contributed by atoms with Gasteiger partial charge in [-0.15, -0.1) is 0 Å². The molecule has 0 saturated heterocycles. The number of hydrogen-bond acceptors (Lipinski definition) is 2. The Balaban J connectivity index is 2.33. The lowest BCUT2D eigenvalue weighted by molar-refractivity contribution is 0.408. The molecule has 3 nitrogen and oxygen atoms in total. The number of ether oxygens (including phenoxy) is 1. The third kappa shape index (κ3) is 2.17. The van der Waals surface area contributed by atoms with Crippen molar-refractivity contribution in [3.63, 3.8) is 0 Å². The number of hydrogen-bond donors (Lipinski definition) is 1. The Morgan fingerprint density at radius 2 is 2.12 bits per heavy atom. The molecule has 0 aliphatic carbocycles. The number of nitrogens with one attached hydrogen (secondary N) is 1. The molecule has 1 N–H and O–H groups in total. The molecule has 0 bridgehead atoms. The van der Waals surface area contributed by atoms with Gasteiger partial charge in [0.15, 0.2) is 4.77 Å². The fourth-order valence-electron chi connectivity index (χ4n) is 1.70. The first-order chi connectivity index (χ1) is 7.70. The van der Waals surface area contributed by atoms with Crippen LogP contribution in [0.2, 0.25) is 0 Å². The van der Waals surface area contributed by atoms with Gasteiger partial charge in [0.05, 0.1) is 13.7 Å². The number of aryl methyl sites for hydroxylation is 1. The van der Waals surface area contributed by atoms with E-state index in [2.05, 4.69) is 4.98 Å². The Morgan fingerprint density at radius 3 is 2.75 bits per heavy atom. The van der Waals surface area contributed by atoms with Crippen molar-refractivity contribution in [1.29, 1.82) is 0 Å². The van der Waals surface area contributed by atoms with Crippen LogP contribution in [0.25, 0.3) is 0 Å². The molecule has 0 fully saturated rings. The van der Waals surface area contributed by atoms with Crippen LogP contribution in [0.1, 0.15) is 11.3 Å². The van der Waals surface area contributed by atoms with Crippen molar-refractivity contribution in [3.05, 3.63) is 46.5 Å². The number of nitrogens with zero attached hydrogens (tertiary/aromatic N) is 1. The lowest BCUT2D eigenvalue weighted by Gasteiger charge is -2.08. The maximum Gasteiger partial charge on any atom is 0.177 e. The van der Waals surface area contributed by atoms with Crippen molar-refractivity contribution >= 4 is 12.2 Å². The van der Waals surface area contributed by atoms with Crippen LogP contribution in [-0.2, 0) is 6.54 Å². The highest BCUT2D eigenvalue weighted by Gasteiger charge is 2.03. The monoisotopic (exact) mass is 234 g/mol. The third-order valence-corrected chi connectivity index (χ3v) is 2.78. The summed E-state index contributed by atoms with van der Waals surface area (Å²) in [4.78, 5) is 3.10. The summed E-state index contributed by atoms with van der Waals surface area (Å²) in [6.45, 7) is 2.72. The van der Waals surface area contributed by atoms with Crippen LogP contribution >= 0.6 is 12.2 Å². The molecule has 2 aromatic rings. The molecule has 0 aliphatic heterocycles. The number of aromatic amines is 1. The van der Waals surface area contributed by atoms with Gasteiger partial charge in [-0.25, -0.2) is 0 Å². The molecule has 4 heteroatoms. The molecule has 0 radical (unpaired) electrons. The van der Waals surface area contributed by atoms with E-state index in [0.717, 1.165) is 28.3 Å². The quantitative estimate of drug-likeness (QED) is 0.828. The summed E-state index contributed by atoms with van der Waals surface area (Å²) in [6.07, 6.45) is 2.01. The Bertz CT molecular complexity index is 542. The summed E-state index contributed by atoms with van der Waals surface area (Å²) >= 11 is 5.22. The Morgan fingerprint density at radius 1 is 1.38 bits per heavy atom. The second kappa shape index (κ2) is 4.53. The summed E-state index contributed by atoms with van der Waals surface area (Å²) in [6, 6.07) is 7.96. The van der Waals surface area contributed by atoms with Crippen LogP contribution < -0.4 is 4.74 Å². The summed E-state index contributed by atoms with van der Waals surface area (Å²) in [5, 5.41) is 0. The molecule has 0 saturated carbocycles. The highest BCUT2D eigenvalue weighted by atomic mass is 32.1. The molecular formula is C12H14N2OS. The first-order valence-corrected chi connectivity index (χ1v) is 5.49. The van der Waals surface area contributed by atoms with E-state index in [0.29, 0.717) is 0 Å². The second-order valence-electron chi connectivity index (χ2n) is 3.68. The van der Waals surface area contributed by atoms with Gasteiger partial charge >= 0.3 is 0 Å². The summed E-state index contributed by atoms with van der Waals surface area (Å²) < 4.78 is 8.05. The van der Waals surface area contributed by atoms with Gasteiger partial charge in [0.25, 0.3) is 0 Å². The van der Waals surface area contributed by atoms with Crippen LogP contribution in [0.3, 0.4) is 0 Å². The fourth-order valence-corrected chi connectivity index (χ4v) is 1.98. The lowest BCUT2D eigenvalue weighted by Crippen LogP contribution is -2.00. The largest absolute Gasteiger partial charge is 0.496 e. The lowest BCUT2D eigenvalue weighted by atomic mass is 10.2. The maximum absolute atomic E-state index is 5.31. The molecule has 0 aliphatic rings. The average molecular weight is 234 g/mol. The van der Waals surface area contributed by atoms with Crippen molar-refractivity contribution < 1.29 is 4.74 Å². The molecule has 0 spiro atoms. The minimum Gasteiger partial charge on any atom is -0.496 e. The van der Waals surface area contributed by atoms with Gasteiger partial charge in [0, 0.05) is 17.5 Å². The standard InChI is InChI=1S/C12H14N2OS/c1-9-7-14(12(16)13-9)8-10-5-3-4-6-11(10)15-2/h3-7H,8H2,1-2H3,(H,13,16). The molecule has 2 rings (SSSR count). The van der Waals surface area contributed by atoms with Gasteiger partial charge in [-0.2, -0.15) is 0 Å². The highest BCUT2D eigenvalue weighted by molar-refractivity contribution is 7.71. The topological polar surface area (TPSA) is 29.9 Å². The Labute approximate surface area is 99.7 Å². The average Bonchev–Trinajstić information content (AvgIpc) is 2.58. The zero-order chi connectivity index (χ0) is 11.5. The molecule has 0 atom stereocenters. The van der Waals surface area contributed by atoms with E-state index in [9.17, 15) is 0 Å². The number of rotatable bonds is 3. The number of imidazole rings is 1. The van der Waals surface area contributed by atoms with Crippen LogP contribution in [-0.4, -0.2) is 16.7 Å². The SMILES string of the molecule is COc1ccccc1Cn1cc(C)[nH]c1=S. The van der Waals surface area contributed by atoms with Crippen molar-refractivity contribution in [2.24, 2.45) is 0 Å². The first kappa shape index (κ1) is 11.0. The molecule has 0 amide bonds. The van der Waals surface area contributed by atoms with E-state index in [1.54, 1.807) is 7.11 Å². The van der Waals surface area contributed by atoms with E-state index in [1.165, 1.54) is 0 Å². The third-order valence-electron chi connectivity index (χ3n) is 2.45.